The highest BCUT2D eigenvalue weighted by atomic mass is 16.5. The van der Waals surface area contributed by atoms with E-state index in [1.165, 1.54) is 0 Å². The van der Waals surface area contributed by atoms with Crippen molar-refractivity contribution in [3.8, 4) is 5.75 Å². The molecule has 0 radical (unpaired) electrons. The van der Waals surface area contributed by atoms with Crippen LogP contribution in [0.25, 0.3) is 6.08 Å². The first-order valence-corrected chi connectivity index (χ1v) is 7.95. The summed E-state index contributed by atoms with van der Waals surface area (Å²) in [5, 5.41) is 2.74. The third kappa shape index (κ3) is 5.80. The van der Waals surface area contributed by atoms with Crippen LogP contribution >= 0.6 is 0 Å². The van der Waals surface area contributed by atoms with Crippen LogP contribution in [-0.2, 0) is 11.3 Å². The van der Waals surface area contributed by atoms with Crippen molar-refractivity contribution in [2.45, 2.75) is 20.0 Å². The van der Waals surface area contributed by atoms with Crippen LogP contribution in [0.2, 0.25) is 0 Å². The molecule has 0 aliphatic heterocycles. The number of aryl methyl sites for hydroxylation is 1. The first kappa shape index (κ1) is 17.6. The molecule has 2 rings (SSSR count). The zero-order valence-corrected chi connectivity index (χ0v) is 14.1. The number of rotatable bonds is 7. The molecule has 0 spiro atoms. The first-order valence-electron chi connectivity index (χ1n) is 7.95. The minimum atomic E-state index is -0.396. The summed E-state index contributed by atoms with van der Waals surface area (Å²) in [6.07, 6.45) is 4.40. The van der Waals surface area contributed by atoms with Gasteiger partial charge in [0.1, 0.15) is 12.4 Å². The lowest BCUT2D eigenvalue weighted by molar-refractivity contribution is 0.140. The minimum absolute atomic E-state index is 0.285. The predicted molar refractivity (Wildman–Crippen MR) is 96.0 cm³/mol. The van der Waals surface area contributed by atoms with Crippen molar-refractivity contribution < 1.29 is 14.3 Å². The van der Waals surface area contributed by atoms with Crippen LogP contribution in [0.4, 0.5) is 4.79 Å². The Morgan fingerprint density at radius 1 is 1.17 bits per heavy atom. The van der Waals surface area contributed by atoms with Crippen LogP contribution in [0.3, 0.4) is 0 Å². The van der Waals surface area contributed by atoms with E-state index in [-0.39, 0.29) is 6.61 Å². The van der Waals surface area contributed by atoms with E-state index in [0.29, 0.717) is 6.54 Å². The number of nitrogens with one attached hydrogen (secondary N) is 1. The van der Waals surface area contributed by atoms with Crippen LogP contribution in [0, 0.1) is 6.92 Å². The number of amides is 1. The number of alkyl carbamates (subject to hydrolysis) is 1. The lowest BCUT2D eigenvalue weighted by Gasteiger charge is -2.06. The molecule has 0 aromatic heterocycles. The highest BCUT2D eigenvalue weighted by molar-refractivity contribution is 5.67. The third-order valence-corrected chi connectivity index (χ3v) is 3.52. The molecule has 0 saturated heterocycles. The van der Waals surface area contributed by atoms with Gasteiger partial charge in [0.2, 0.25) is 0 Å². The number of hydrogen-bond acceptors (Lipinski definition) is 3. The summed E-state index contributed by atoms with van der Waals surface area (Å²) in [5.41, 5.74) is 3.18. The van der Waals surface area contributed by atoms with Crippen LogP contribution in [0.5, 0.6) is 5.75 Å². The maximum absolute atomic E-state index is 11.6. The van der Waals surface area contributed by atoms with Gasteiger partial charge < -0.3 is 14.8 Å². The summed E-state index contributed by atoms with van der Waals surface area (Å²) in [4.78, 5) is 11.6. The molecule has 0 heterocycles. The number of carbonyl (C=O) groups is 1. The van der Waals surface area contributed by atoms with Gasteiger partial charge in [-0.3, -0.25) is 0 Å². The van der Waals surface area contributed by atoms with E-state index in [2.05, 4.69) is 11.4 Å². The number of ether oxygens (including phenoxy) is 2. The zero-order valence-electron chi connectivity index (χ0n) is 14.1. The van der Waals surface area contributed by atoms with Gasteiger partial charge in [0.15, 0.2) is 0 Å². The molecule has 0 unspecified atom stereocenters. The summed E-state index contributed by atoms with van der Waals surface area (Å²) in [6, 6.07) is 15.6. The summed E-state index contributed by atoms with van der Waals surface area (Å²) in [6.45, 7) is 2.84. The number of benzene rings is 2. The van der Waals surface area contributed by atoms with Crippen LogP contribution in [-0.4, -0.2) is 19.7 Å². The van der Waals surface area contributed by atoms with Crippen molar-refractivity contribution in [3.05, 3.63) is 71.3 Å². The van der Waals surface area contributed by atoms with E-state index < -0.39 is 6.09 Å². The number of hydrogen-bond donors (Lipinski definition) is 1. The van der Waals surface area contributed by atoms with Gasteiger partial charge in [-0.2, -0.15) is 0 Å². The highest BCUT2D eigenvalue weighted by Crippen LogP contribution is 2.19. The van der Waals surface area contributed by atoms with Gasteiger partial charge in [0.25, 0.3) is 0 Å². The Hall–Kier alpha value is -2.75. The van der Waals surface area contributed by atoms with Crippen molar-refractivity contribution in [1.29, 1.82) is 0 Å². The highest BCUT2D eigenvalue weighted by Gasteiger charge is 2.01. The second-order valence-corrected chi connectivity index (χ2v) is 5.41. The average molecular weight is 325 g/mol. The fourth-order valence-electron chi connectivity index (χ4n) is 2.26. The Bertz CT molecular complexity index is 681. The van der Waals surface area contributed by atoms with E-state index in [1.54, 1.807) is 7.11 Å². The molecular formula is C20H23NO3. The smallest absolute Gasteiger partial charge is 0.407 e. The molecule has 2 aromatic rings. The van der Waals surface area contributed by atoms with Gasteiger partial charge in [0.05, 0.1) is 7.11 Å². The van der Waals surface area contributed by atoms with E-state index in [1.807, 2.05) is 61.5 Å². The van der Waals surface area contributed by atoms with Crippen LogP contribution in [0.1, 0.15) is 23.1 Å². The molecule has 0 bridgehead atoms. The Kier molecular flexibility index (Phi) is 6.90. The van der Waals surface area contributed by atoms with Gasteiger partial charge in [-0.05, 0) is 42.2 Å². The molecule has 24 heavy (non-hydrogen) atoms. The quantitative estimate of drug-likeness (QED) is 0.771. The molecule has 1 amide bonds. The van der Waals surface area contributed by atoms with Crippen molar-refractivity contribution in [2.24, 2.45) is 0 Å². The molecular weight excluding hydrogens is 302 g/mol. The van der Waals surface area contributed by atoms with Crippen molar-refractivity contribution in [2.75, 3.05) is 13.7 Å². The Labute approximate surface area is 143 Å². The monoisotopic (exact) mass is 325 g/mol. The molecule has 0 atom stereocenters. The van der Waals surface area contributed by atoms with Crippen LogP contribution < -0.4 is 10.1 Å². The average Bonchev–Trinajstić information content (AvgIpc) is 2.61. The molecule has 1 N–H and O–H groups in total. The van der Waals surface area contributed by atoms with Gasteiger partial charge in [-0.15, -0.1) is 0 Å². The molecule has 0 fully saturated rings. The van der Waals surface area contributed by atoms with Gasteiger partial charge in [0, 0.05) is 6.54 Å². The SMILES string of the molecule is COc1ccc(C=CCCNC(=O)OCc2ccccc2)cc1C. The maximum Gasteiger partial charge on any atom is 0.407 e. The fourth-order valence-corrected chi connectivity index (χ4v) is 2.26. The Balaban J connectivity index is 1.66. The lowest BCUT2D eigenvalue weighted by atomic mass is 10.1. The van der Waals surface area contributed by atoms with Gasteiger partial charge >= 0.3 is 6.09 Å². The van der Waals surface area contributed by atoms with Crippen molar-refractivity contribution in [3.63, 3.8) is 0 Å². The molecule has 0 saturated carbocycles. The normalized spacial score (nSPS) is 10.6. The van der Waals surface area contributed by atoms with Crippen molar-refractivity contribution in [1.82, 2.24) is 5.32 Å². The minimum Gasteiger partial charge on any atom is -0.496 e. The maximum atomic E-state index is 11.6. The summed E-state index contributed by atoms with van der Waals surface area (Å²) in [5.74, 6) is 0.884. The number of carbonyl (C=O) groups excluding carboxylic acids is 1. The number of methoxy groups -OCH3 is 1. The lowest BCUT2D eigenvalue weighted by Crippen LogP contribution is -2.24. The molecule has 4 nitrogen and oxygen atoms in total. The van der Waals surface area contributed by atoms with Crippen molar-refractivity contribution >= 4 is 12.2 Å². The second kappa shape index (κ2) is 9.40. The Morgan fingerprint density at radius 2 is 1.96 bits per heavy atom. The summed E-state index contributed by atoms with van der Waals surface area (Å²) >= 11 is 0. The summed E-state index contributed by atoms with van der Waals surface area (Å²) in [7, 11) is 1.67. The molecule has 126 valence electrons. The molecule has 4 heteroatoms. The first-order chi connectivity index (χ1) is 11.7. The standard InChI is InChI=1S/C20H23NO3/c1-16-14-17(11-12-19(16)23-2)8-6-7-13-21-20(22)24-15-18-9-4-3-5-10-18/h3-6,8-12,14H,7,13,15H2,1-2H3,(H,21,22). The summed E-state index contributed by atoms with van der Waals surface area (Å²) < 4.78 is 10.4. The molecule has 0 aliphatic rings. The zero-order chi connectivity index (χ0) is 17.2. The van der Waals surface area contributed by atoms with Gasteiger partial charge in [-0.25, -0.2) is 4.79 Å². The topological polar surface area (TPSA) is 47.6 Å². The van der Waals surface area contributed by atoms with E-state index in [0.717, 1.165) is 28.9 Å². The second-order valence-electron chi connectivity index (χ2n) is 5.41. The fraction of sp³-hybridized carbons (Fsp3) is 0.250. The van der Waals surface area contributed by atoms with Crippen LogP contribution in [0.15, 0.2) is 54.6 Å². The molecule has 0 aliphatic carbocycles. The largest absolute Gasteiger partial charge is 0.496 e. The molecule has 2 aromatic carbocycles. The van der Waals surface area contributed by atoms with E-state index >= 15 is 0 Å². The Morgan fingerprint density at radius 3 is 2.67 bits per heavy atom. The van der Waals surface area contributed by atoms with Gasteiger partial charge in [-0.1, -0.05) is 48.6 Å². The van der Waals surface area contributed by atoms with E-state index in [9.17, 15) is 4.79 Å². The third-order valence-electron chi connectivity index (χ3n) is 3.52. The van der Waals surface area contributed by atoms with E-state index in [4.69, 9.17) is 9.47 Å². The predicted octanol–water partition coefficient (Wildman–Crippen LogP) is 4.33.